The Balaban J connectivity index is 1.90. The maximum Gasteiger partial charge on any atom is 0.106 e. The Morgan fingerprint density at radius 1 is 1.18 bits per heavy atom. The van der Waals surface area contributed by atoms with Crippen LogP contribution >= 0.6 is 11.3 Å². The predicted molar refractivity (Wildman–Crippen MR) is 74.0 cm³/mol. The third-order valence-corrected chi connectivity index (χ3v) is 3.50. The van der Waals surface area contributed by atoms with E-state index in [-0.39, 0.29) is 0 Å². The van der Waals surface area contributed by atoms with Gasteiger partial charge in [-0.15, -0.1) is 17.3 Å². The number of benzene rings is 1. The second-order valence-corrected chi connectivity index (χ2v) is 4.97. The lowest BCUT2D eigenvalue weighted by Gasteiger charge is -1.88. The fourth-order valence-electron chi connectivity index (χ4n) is 1.58. The van der Waals surface area contributed by atoms with E-state index in [0.29, 0.717) is 0 Å². The molecule has 0 amide bonds. The maximum absolute atomic E-state index is 5.42. The van der Waals surface area contributed by atoms with Gasteiger partial charge in [0.15, 0.2) is 0 Å². The van der Waals surface area contributed by atoms with E-state index >= 15 is 0 Å². The molecule has 0 unspecified atom stereocenters. The van der Waals surface area contributed by atoms with Gasteiger partial charge in [-0.05, 0) is 31.5 Å². The molecule has 2 nitrogen and oxygen atoms in total. The Morgan fingerprint density at radius 3 is 2.88 bits per heavy atom. The van der Waals surface area contributed by atoms with Crippen LogP contribution in [-0.2, 0) is 6.42 Å². The minimum atomic E-state index is 0.763. The Kier molecular flexibility index (Phi) is 4.54. The van der Waals surface area contributed by atoms with Crippen molar-refractivity contribution in [1.29, 1.82) is 0 Å². The summed E-state index contributed by atoms with van der Waals surface area (Å²) in [6.07, 6.45) is 3.88. The summed E-state index contributed by atoms with van der Waals surface area (Å²) in [4.78, 5) is 4.54. The highest BCUT2D eigenvalue weighted by molar-refractivity contribution is 7.18. The molecule has 0 saturated heterocycles. The Labute approximate surface area is 106 Å². The van der Waals surface area contributed by atoms with Crippen LogP contribution < -0.4 is 5.73 Å². The summed E-state index contributed by atoms with van der Waals surface area (Å²) in [7, 11) is 0. The van der Waals surface area contributed by atoms with Gasteiger partial charge >= 0.3 is 0 Å². The first-order chi connectivity index (χ1) is 8.40. The van der Waals surface area contributed by atoms with Gasteiger partial charge in [0.05, 0.1) is 16.6 Å². The van der Waals surface area contributed by atoms with Crippen molar-refractivity contribution in [3.05, 3.63) is 29.3 Å². The molecule has 0 aliphatic rings. The number of nitrogens with zero attached hydrogens (tertiary/aromatic N) is 1. The summed E-state index contributed by atoms with van der Waals surface area (Å²) < 4.78 is 1.24. The third-order valence-electron chi connectivity index (χ3n) is 2.46. The second-order valence-electron chi connectivity index (χ2n) is 3.85. The smallest absolute Gasteiger partial charge is 0.106 e. The van der Waals surface area contributed by atoms with E-state index < -0.39 is 0 Å². The number of nitrogens with two attached hydrogens (primary N) is 1. The van der Waals surface area contributed by atoms with E-state index in [2.05, 4.69) is 22.9 Å². The average molecular weight is 244 g/mol. The molecule has 88 valence electrons. The lowest BCUT2D eigenvalue weighted by molar-refractivity contribution is 0.767. The molecule has 0 radical (unpaired) electrons. The summed E-state index contributed by atoms with van der Waals surface area (Å²) in [5.74, 6) is 6.35. The Morgan fingerprint density at radius 2 is 2.06 bits per heavy atom. The minimum Gasteiger partial charge on any atom is -0.330 e. The molecule has 0 spiro atoms. The van der Waals surface area contributed by atoms with Gasteiger partial charge in [-0.2, -0.15) is 0 Å². The first-order valence-corrected chi connectivity index (χ1v) is 6.72. The highest BCUT2D eigenvalue weighted by atomic mass is 32.1. The Hall–Kier alpha value is -1.37. The van der Waals surface area contributed by atoms with E-state index in [9.17, 15) is 0 Å². The van der Waals surface area contributed by atoms with Gasteiger partial charge in [0.2, 0.25) is 0 Å². The quantitative estimate of drug-likeness (QED) is 0.663. The summed E-state index contributed by atoms with van der Waals surface area (Å²) in [5, 5.41) is 1.11. The number of fused-ring (bicyclic) bond motifs is 1. The van der Waals surface area contributed by atoms with Crippen molar-refractivity contribution in [3.63, 3.8) is 0 Å². The van der Waals surface area contributed by atoms with Gasteiger partial charge in [0, 0.05) is 6.42 Å². The number of hydrogen-bond acceptors (Lipinski definition) is 3. The Bertz CT molecular complexity index is 501. The average Bonchev–Trinajstić information content (AvgIpc) is 2.76. The SMILES string of the molecule is NCCCCC#CCc1nc2ccccc2s1. The molecular formula is C14H16N2S. The molecule has 1 aromatic heterocycles. The van der Waals surface area contributed by atoms with Crippen molar-refractivity contribution in [2.45, 2.75) is 25.7 Å². The predicted octanol–water partition coefficient (Wildman–Crippen LogP) is 2.97. The molecule has 0 saturated carbocycles. The standard InChI is InChI=1S/C14H16N2S/c15-11-7-3-1-2-4-10-14-16-12-8-5-6-9-13(12)17-14/h5-6,8-9H,1,3,7,10-11,15H2. The molecule has 17 heavy (non-hydrogen) atoms. The molecule has 2 rings (SSSR count). The second kappa shape index (κ2) is 6.39. The van der Waals surface area contributed by atoms with Crippen LogP contribution in [-0.4, -0.2) is 11.5 Å². The molecule has 2 N–H and O–H groups in total. The zero-order valence-corrected chi connectivity index (χ0v) is 10.6. The number of aromatic nitrogens is 1. The van der Waals surface area contributed by atoms with Crippen molar-refractivity contribution in [1.82, 2.24) is 4.98 Å². The molecule has 0 bridgehead atoms. The summed E-state index contributed by atoms with van der Waals surface area (Å²) in [5.41, 5.74) is 6.50. The van der Waals surface area contributed by atoms with Crippen molar-refractivity contribution in [2.24, 2.45) is 5.73 Å². The summed E-state index contributed by atoms with van der Waals surface area (Å²) in [6.45, 7) is 0.763. The van der Waals surface area contributed by atoms with E-state index in [1.807, 2.05) is 18.2 Å². The van der Waals surface area contributed by atoms with Crippen LogP contribution in [0.3, 0.4) is 0 Å². The summed E-state index contributed by atoms with van der Waals surface area (Å²) >= 11 is 1.73. The molecule has 0 fully saturated rings. The molecule has 1 heterocycles. The minimum absolute atomic E-state index is 0.763. The van der Waals surface area contributed by atoms with E-state index in [1.165, 1.54) is 4.70 Å². The fourth-order valence-corrected chi connectivity index (χ4v) is 2.49. The number of hydrogen-bond donors (Lipinski definition) is 1. The molecule has 0 aliphatic heterocycles. The topological polar surface area (TPSA) is 38.9 Å². The monoisotopic (exact) mass is 244 g/mol. The molecule has 0 aliphatic carbocycles. The molecule has 2 aromatic rings. The van der Waals surface area contributed by atoms with Crippen molar-refractivity contribution in [3.8, 4) is 11.8 Å². The van der Waals surface area contributed by atoms with Gasteiger partial charge in [-0.25, -0.2) is 4.98 Å². The number of unbranched alkanes of at least 4 members (excludes halogenated alkanes) is 2. The van der Waals surface area contributed by atoms with Gasteiger partial charge in [-0.1, -0.05) is 18.1 Å². The van der Waals surface area contributed by atoms with Gasteiger partial charge in [0.25, 0.3) is 0 Å². The van der Waals surface area contributed by atoms with E-state index in [4.69, 9.17) is 5.73 Å². The van der Waals surface area contributed by atoms with Gasteiger partial charge in [-0.3, -0.25) is 0 Å². The zero-order chi connectivity index (χ0) is 11.9. The van der Waals surface area contributed by atoms with Gasteiger partial charge < -0.3 is 5.73 Å². The van der Waals surface area contributed by atoms with Crippen molar-refractivity contribution >= 4 is 21.6 Å². The first kappa shape index (κ1) is 12.1. The largest absolute Gasteiger partial charge is 0.330 e. The van der Waals surface area contributed by atoms with Crippen molar-refractivity contribution < 1.29 is 0 Å². The van der Waals surface area contributed by atoms with Gasteiger partial charge in [0.1, 0.15) is 5.01 Å². The van der Waals surface area contributed by atoms with Crippen LogP contribution in [0.15, 0.2) is 24.3 Å². The molecule has 0 atom stereocenters. The highest BCUT2D eigenvalue weighted by Gasteiger charge is 2.00. The zero-order valence-electron chi connectivity index (χ0n) is 9.78. The van der Waals surface area contributed by atoms with Crippen LogP contribution in [0.5, 0.6) is 0 Å². The van der Waals surface area contributed by atoms with Crippen LogP contribution in [0.25, 0.3) is 10.2 Å². The third kappa shape index (κ3) is 3.55. The van der Waals surface area contributed by atoms with E-state index in [1.54, 1.807) is 11.3 Å². The van der Waals surface area contributed by atoms with Crippen LogP contribution in [0.2, 0.25) is 0 Å². The van der Waals surface area contributed by atoms with E-state index in [0.717, 1.165) is 42.8 Å². The number of thiazole rings is 1. The van der Waals surface area contributed by atoms with Crippen LogP contribution in [0.1, 0.15) is 24.3 Å². The highest BCUT2D eigenvalue weighted by Crippen LogP contribution is 2.21. The molecule has 3 heteroatoms. The lowest BCUT2D eigenvalue weighted by Crippen LogP contribution is -1.96. The normalized spacial score (nSPS) is 10.2. The number of para-hydroxylation sites is 1. The lowest BCUT2D eigenvalue weighted by atomic mass is 10.2. The fraction of sp³-hybridized carbons (Fsp3) is 0.357. The molecular weight excluding hydrogens is 228 g/mol. The summed E-state index contributed by atoms with van der Waals surface area (Å²) in [6, 6.07) is 8.21. The molecule has 1 aromatic carbocycles. The van der Waals surface area contributed by atoms with Crippen molar-refractivity contribution in [2.75, 3.05) is 6.54 Å². The number of rotatable bonds is 4. The van der Waals surface area contributed by atoms with Crippen LogP contribution in [0, 0.1) is 11.8 Å². The maximum atomic E-state index is 5.42. The first-order valence-electron chi connectivity index (χ1n) is 5.90. The van der Waals surface area contributed by atoms with Crippen LogP contribution in [0.4, 0.5) is 0 Å².